The monoisotopic (exact) mass is 290 g/mol. The Morgan fingerprint density at radius 1 is 1.19 bits per heavy atom. The molecule has 1 aromatic heterocycles. The van der Waals surface area contributed by atoms with Gasteiger partial charge in [-0.05, 0) is 44.7 Å². The maximum atomic E-state index is 12.9. The van der Waals surface area contributed by atoms with E-state index in [0.29, 0.717) is 0 Å². The molecule has 2 fully saturated rings. The third kappa shape index (κ3) is 2.61. The summed E-state index contributed by atoms with van der Waals surface area (Å²) in [4.78, 5) is 14.9. The summed E-state index contributed by atoms with van der Waals surface area (Å²) in [7, 11) is 1.95. The van der Waals surface area contributed by atoms with Crippen molar-refractivity contribution in [1.82, 2.24) is 9.47 Å². The van der Waals surface area contributed by atoms with Crippen molar-refractivity contribution in [2.45, 2.75) is 57.6 Å². The van der Waals surface area contributed by atoms with Crippen LogP contribution in [0.15, 0.2) is 12.1 Å². The molecule has 0 spiro atoms. The average molecular weight is 290 g/mol. The fourth-order valence-corrected chi connectivity index (χ4v) is 4.05. The summed E-state index contributed by atoms with van der Waals surface area (Å²) in [5.74, 6) is 0.400. The Hall–Kier alpha value is -1.29. The highest BCUT2D eigenvalue weighted by atomic mass is 16.3. The average Bonchev–Trinajstić information content (AvgIpc) is 3.07. The van der Waals surface area contributed by atoms with Crippen LogP contribution in [0.3, 0.4) is 0 Å². The first-order chi connectivity index (χ1) is 10.1. The summed E-state index contributed by atoms with van der Waals surface area (Å²) in [6, 6.07) is 4.14. The van der Waals surface area contributed by atoms with Crippen molar-refractivity contribution >= 4 is 5.91 Å². The highest BCUT2D eigenvalue weighted by Crippen LogP contribution is 2.35. The van der Waals surface area contributed by atoms with Crippen LogP contribution in [0.4, 0.5) is 0 Å². The highest BCUT2D eigenvalue weighted by molar-refractivity contribution is 5.93. The van der Waals surface area contributed by atoms with Gasteiger partial charge in [-0.15, -0.1) is 0 Å². The summed E-state index contributed by atoms with van der Waals surface area (Å²) >= 11 is 0. The maximum Gasteiger partial charge on any atom is 0.270 e. The van der Waals surface area contributed by atoms with E-state index in [1.54, 1.807) is 0 Å². The lowest BCUT2D eigenvalue weighted by Gasteiger charge is -2.37. The number of nitrogens with zero attached hydrogens (tertiary/aromatic N) is 2. The lowest BCUT2D eigenvalue weighted by atomic mass is 9.80. The number of rotatable bonds is 2. The lowest BCUT2D eigenvalue weighted by molar-refractivity contribution is 0.0208. The van der Waals surface area contributed by atoms with E-state index in [4.69, 9.17) is 0 Å². The standard InChI is InChI=1S/C17H26N2O2/c1-12-9-10-15(18(12)2)17(21)19-11-5-7-14(19)13-6-3-4-8-16(13)20/h9-10,13-14,16,20H,3-8,11H2,1-2H3/t13-,14+,16+/m0/s1. The first-order valence-corrected chi connectivity index (χ1v) is 8.21. The normalized spacial score (nSPS) is 29.9. The van der Waals surface area contributed by atoms with Crippen molar-refractivity contribution in [2.24, 2.45) is 13.0 Å². The molecule has 3 atom stereocenters. The second-order valence-corrected chi connectivity index (χ2v) is 6.64. The van der Waals surface area contributed by atoms with Gasteiger partial charge >= 0.3 is 0 Å². The number of hydrogen-bond acceptors (Lipinski definition) is 2. The van der Waals surface area contributed by atoms with Gasteiger partial charge in [0.1, 0.15) is 5.69 Å². The van der Waals surface area contributed by atoms with E-state index in [-0.39, 0.29) is 24.0 Å². The smallest absolute Gasteiger partial charge is 0.270 e. The van der Waals surface area contributed by atoms with Gasteiger partial charge in [0.05, 0.1) is 6.10 Å². The van der Waals surface area contributed by atoms with Gasteiger partial charge < -0.3 is 14.6 Å². The van der Waals surface area contributed by atoms with Crippen LogP contribution in [-0.4, -0.2) is 39.2 Å². The topological polar surface area (TPSA) is 45.5 Å². The molecule has 1 aliphatic heterocycles. The molecule has 1 N–H and O–H groups in total. The summed E-state index contributed by atoms with van der Waals surface area (Å²) in [6.45, 7) is 2.85. The maximum absolute atomic E-state index is 12.9. The Balaban J connectivity index is 1.80. The SMILES string of the molecule is Cc1ccc(C(=O)N2CCC[C@@H]2[C@@H]2CCCC[C@H]2O)n1C. The largest absolute Gasteiger partial charge is 0.393 e. The predicted molar refractivity (Wildman–Crippen MR) is 82.2 cm³/mol. The van der Waals surface area contributed by atoms with Gasteiger partial charge in [0.15, 0.2) is 0 Å². The summed E-state index contributed by atoms with van der Waals surface area (Å²) in [6.07, 6.45) is 6.12. The second-order valence-electron chi connectivity index (χ2n) is 6.64. The van der Waals surface area contributed by atoms with Crippen LogP contribution in [0.5, 0.6) is 0 Å². The molecular weight excluding hydrogens is 264 g/mol. The van der Waals surface area contributed by atoms with Crippen LogP contribution in [-0.2, 0) is 7.05 Å². The zero-order chi connectivity index (χ0) is 15.0. The van der Waals surface area contributed by atoms with Crippen molar-refractivity contribution in [3.63, 3.8) is 0 Å². The zero-order valence-corrected chi connectivity index (χ0v) is 13.1. The van der Waals surface area contributed by atoms with Crippen molar-refractivity contribution < 1.29 is 9.90 Å². The van der Waals surface area contributed by atoms with Gasteiger partial charge in [0.2, 0.25) is 0 Å². The number of carbonyl (C=O) groups is 1. The van der Waals surface area contributed by atoms with Crippen molar-refractivity contribution in [3.8, 4) is 0 Å². The van der Waals surface area contributed by atoms with E-state index in [1.165, 1.54) is 6.42 Å². The minimum Gasteiger partial charge on any atom is -0.393 e. The molecule has 2 heterocycles. The van der Waals surface area contributed by atoms with Gasteiger partial charge in [-0.25, -0.2) is 0 Å². The molecule has 116 valence electrons. The molecule has 0 radical (unpaired) electrons. The number of aryl methyl sites for hydroxylation is 1. The number of carbonyl (C=O) groups excluding carboxylic acids is 1. The zero-order valence-electron chi connectivity index (χ0n) is 13.1. The first-order valence-electron chi connectivity index (χ1n) is 8.21. The highest BCUT2D eigenvalue weighted by Gasteiger charge is 2.39. The number of aromatic nitrogens is 1. The van der Waals surface area contributed by atoms with Gasteiger partial charge in [0.25, 0.3) is 5.91 Å². The number of likely N-dealkylation sites (tertiary alicyclic amines) is 1. The van der Waals surface area contributed by atoms with E-state index in [1.807, 2.05) is 35.6 Å². The van der Waals surface area contributed by atoms with Crippen molar-refractivity contribution in [2.75, 3.05) is 6.54 Å². The van der Waals surface area contributed by atoms with Crippen LogP contribution in [0.1, 0.15) is 54.7 Å². The van der Waals surface area contributed by atoms with Crippen LogP contribution < -0.4 is 0 Å². The molecule has 21 heavy (non-hydrogen) atoms. The third-order valence-corrected chi connectivity index (χ3v) is 5.43. The molecule has 3 rings (SSSR count). The molecule has 1 amide bonds. The van der Waals surface area contributed by atoms with E-state index in [9.17, 15) is 9.90 Å². The van der Waals surface area contributed by atoms with E-state index >= 15 is 0 Å². The minimum absolute atomic E-state index is 0.130. The molecule has 0 aromatic carbocycles. The predicted octanol–water partition coefficient (Wildman–Crippen LogP) is 2.49. The van der Waals surface area contributed by atoms with Crippen LogP contribution in [0.25, 0.3) is 0 Å². The van der Waals surface area contributed by atoms with Crippen molar-refractivity contribution in [1.29, 1.82) is 0 Å². The van der Waals surface area contributed by atoms with Gasteiger partial charge in [-0.2, -0.15) is 0 Å². The molecule has 0 bridgehead atoms. The molecule has 4 heteroatoms. The molecule has 1 aromatic rings. The lowest BCUT2D eigenvalue weighted by Crippen LogP contribution is -2.45. The molecule has 1 saturated carbocycles. The molecular formula is C17H26N2O2. The number of amides is 1. The summed E-state index contributed by atoms with van der Waals surface area (Å²) < 4.78 is 1.97. The summed E-state index contributed by atoms with van der Waals surface area (Å²) in [5.41, 5.74) is 1.87. The van der Waals surface area contributed by atoms with Gasteiger partial charge in [-0.1, -0.05) is 12.8 Å². The molecule has 4 nitrogen and oxygen atoms in total. The fraction of sp³-hybridized carbons (Fsp3) is 0.706. The summed E-state index contributed by atoms with van der Waals surface area (Å²) in [5, 5.41) is 10.3. The second kappa shape index (κ2) is 5.84. The first kappa shape index (κ1) is 14.6. The molecule has 2 aliphatic rings. The van der Waals surface area contributed by atoms with Crippen LogP contribution in [0.2, 0.25) is 0 Å². The number of aliphatic hydroxyl groups is 1. The number of hydrogen-bond donors (Lipinski definition) is 1. The minimum atomic E-state index is -0.229. The Bertz CT molecular complexity index is 523. The van der Waals surface area contributed by atoms with E-state index in [0.717, 1.165) is 50.0 Å². The van der Waals surface area contributed by atoms with Gasteiger partial charge in [-0.3, -0.25) is 4.79 Å². The Morgan fingerprint density at radius 3 is 2.62 bits per heavy atom. The third-order valence-electron chi connectivity index (χ3n) is 5.43. The van der Waals surface area contributed by atoms with Gasteiger partial charge in [0, 0.05) is 31.2 Å². The molecule has 1 aliphatic carbocycles. The van der Waals surface area contributed by atoms with Crippen molar-refractivity contribution in [3.05, 3.63) is 23.5 Å². The van der Waals surface area contributed by atoms with Crippen LogP contribution in [0, 0.1) is 12.8 Å². The quantitative estimate of drug-likeness (QED) is 0.909. The number of aliphatic hydroxyl groups excluding tert-OH is 1. The fourth-order valence-electron chi connectivity index (χ4n) is 4.05. The molecule has 0 unspecified atom stereocenters. The van der Waals surface area contributed by atoms with Crippen LogP contribution >= 0.6 is 0 Å². The Labute approximate surface area is 126 Å². The van der Waals surface area contributed by atoms with E-state index in [2.05, 4.69) is 0 Å². The molecule has 1 saturated heterocycles. The Morgan fingerprint density at radius 2 is 1.95 bits per heavy atom. The van der Waals surface area contributed by atoms with E-state index < -0.39 is 0 Å². The Kier molecular flexibility index (Phi) is 4.07.